The molecule has 0 aromatic carbocycles. The SMILES string of the molecule is CCCC/C=C/C(CCCCCCCC)COS(=O)(=O)[O-].CCCC/C=C/C(CCCCCCCC)COS(=O)(=O)[O-].[Ca+2]. The van der Waals surface area contributed by atoms with E-state index in [1.165, 1.54) is 51.4 Å². The second-order valence-corrected chi connectivity index (χ2v) is 13.3. The van der Waals surface area contributed by atoms with Gasteiger partial charge in [-0.25, -0.2) is 16.8 Å². The maximum Gasteiger partial charge on any atom is 2.00 e. The van der Waals surface area contributed by atoms with Crippen LogP contribution in [0.1, 0.15) is 156 Å². The number of hydrogen-bond donors (Lipinski definition) is 0. The molecule has 0 saturated carbocycles. The predicted molar refractivity (Wildman–Crippen MR) is 177 cm³/mol. The van der Waals surface area contributed by atoms with Crippen molar-refractivity contribution in [3.63, 3.8) is 0 Å². The van der Waals surface area contributed by atoms with Gasteiger partial charge in [-0.3, -0.25) is 8.37 Å². The number of allylic oxidation sites excluding steroid dienone is 2. The van der Waals surface area contributed by atoms with Crippen LogP contribution in [0.4, 0.5) is 0 Å². The molecule has 11 heteroatoms. The van der Waals surface area contributed by atoms with Crippen molar-refractivity contribution in [3.05, 3.63) is 24.3 Å². The molecule has 0 saturated heterocycles. The van der Waals surface area contributed by atoms with Gasteiger partial charge in [0, 0.05) is 11.8 Å². The normalized spacial score (nSPS) is 13.5. The van der Waals surface area contributed by atoms with Gasteiger partial charge in [-0.15, -0.1) is 0 Å². The van der Waals surface area contributed by atoms with Crippen LogP contribution in [-0.4, -0.2) is 76.9 Å². The van der Waals surface area contributed by atoms with Crippen LogP contribution in [0.5, 0.6) is 0 Å². The van der Waals surface area contributed by atoms with Crippen molar-refractivity contribution in [3.8, 4) is 0 Å². The molecule has 2 atom stereocenters. The summed E-state index contributed by atoms with van der Waals surface area (Å²) in [6.45, 7) is 8.60. The van der Waals surface area contributed by atoms with E-state index in [0.717, 1.165) is 77.0 Å². The molecule has 0 heterocycles. The minimum atomic E-state index is -4.58. The molecule has 0 bridgehead atoms. The molecule has 2 unspecified atom stereocenters. The molecule has 0 aliphatic heterocycles. The fraction of sp³-hybridized carbons (Fsp3) is 0.875. The topological polar surface area (TPSA) is 133 Å². The summed E-state index contributed by atoms with van der Waals surface area (Å²) in [6, 6.07) is 0. The van der Waals surface area contributed by atoms with Crippen LogP contribution < -0.4 is 0 Å². The van der Waals surface area contributed by atoms with Crippen molar-refractivity contribution in [1.29, 1.82) is 0 Å². The van der Waals surface area contributed by atoms with Crippen molar-refractivity contribution in [1.82, 2.24) is 0 Å². The summed E-state index contributed by atoms with van der Waals surface area (Å²) in [4.78, 5) is 0. The van der Waals surface area contributed by atoms with Crippen LogP contribution in [-0.2, 0) is 29.2 Å². The Labute approximate surface area is 296 Å². The predicted octanol–water partition coefficient (Wildman–Crippen LogP) is 8.77. The first kappa shape index (κ1) is 47.9. The molecule has 0 aromatic heterocycles. The molecule has 0 rings (SSSR count). The third kappa shape index (κ3) is 42.5. The second-order valence-electron chi connectivity index (χ2n) is 11.2. The summed E-state index contributed by atoms with van der Waals surface area (Å²) in [5, 5.41) is 0. The van der Waals surface area contributed by atoms with E-state index in [1.54, 1.807) is 0 Å². The molecule has 43 heavy (non-hydrogen) atoms. The molecule has 0 spiro atoms. The van der Waals surface area contributed by atoms with Gasteiger partial charge in [0.1, 0.15) is 0 Å². The van der Waals surface area contributed by atoms with Crippen LogP contribution >= 0.6 is 0 Å². The fourth-order valence-electron chi connectivity index (χ4n) is 4.41. The number of hydrogen-bond acceptors (Lipinski definition) is 8. The Balaban J connectivity index is -0.000000727. The Morgan fingerprint density at radius 2 is 0.814 bits per heavy atom. The summed E-state index contributed by atoms with van der Waals surface area (Å²) in [7, 11) is -9.16. The third-order valence-corrected chi connectivity index (χ3v) is 7.82. The first-order valence-electron chi connectivity index (χ1n) is 16.5. The van der Waals surface area contributed by atoms with Crippen LogP contribution in [0, 0.1) is 11.8 Å². The maximum atomic E-state index is 10.6. The average molecular weight is 679 g/mol. The van der Waals surface area contributed by atoms with E-state index < -0.39 is 20.8 Å². The van der Waals surface area contributed by atoms with Gasteiger partial charge >= 0.3 is 37.7 Å². The molecule has 252 valence electrons. The van der Waals surface area contributed by atoms with Crippen molar-refractivity contribution in [2.75, 3.05) is 13.2 Å². The van der Waals surface area contributed by atoms with Gasteiger partial charge in [0.25, 0.3) is 0 Å². The van der Waals surface area contributed by atoms with Gasteiger partial charge in [0.05, 0.1) is 13.2 Å². The van der Waals surface area contributed by atoms with Crippen LogP contribution in [0.15, 0.2) is 24.3 Å². The van der Waals surface area contributed by atoms with Crippen molar-refractivity contribution < 1.29 is 34.3 Å². The number of rotatable bonds is 28. The Morgan fingerprint density at radius 3 is 1.12 bits per heavy atom. The summed E-state index contributed by atoms with van der Waals surface area (Å²) in [5.74, 6) is 0.0495. The molecule has 0 N–H and O–H groups in total. The van der Waals surface area contributed by atoms with E-state index in [4.69, 9.17) is 0 Å². The molecule has 0 aliphatic rings. The van der Waals surface area contributed by atoms with Crippen molar-refractivity contribution in [2.24, 2.45) is 11.8 Å². The monoisotopic (exact) mass is 678 g/mol. The van der Waals surface area contributed by atoms with E-state index in [2.05, 4.69) is 48.2 Å². The van der Waals surface area contributed by atoms with Crippen LogP contribution in [0.2, 0.25) is 0 Å². The molecular formula is C32H62CaO8S2. The van der Waals surface area contributed by atoms with Gasteiger partial charge in [0.15, 0.2) is 0 Å². The van der Waals surface area contributed by atoms with Crippen LogP contribution in [0.3, 0.4) is 0 Å². The molecular weight excluding hydrogens is 617 g/mol. The molecule has 0 radical (unpaired) electrons. The summed E-state index contributed by atoms with van der Waals surface area (Å²) in [5.41, 5.74) is 0. The van der Waals surface area contributed by atoms with E-state index in [9.17, 15) is 25.9 Å². The Bertz CT molecular complexity index is 775. The van der Waals surface area contributed by atoms with Gasteiger partial charge in [0.2, 0.25) is 20.8 Å². The van der Waals surface area contributed by atoms with E-state index in [-0.39, 0.29) is 62.8 Å². The van der Waals surface area contributed by atoms with Gasteiger partial charge in [-0.1, -0.05) is 155 Å². The van der Waals surface area contributed by atoms with Crippen molar-refractivity contribution >= 4 is 58.5 Å². The largest absolute Gasteiger partial charge is 2.00 e. The first-order chi connectivity index (χ1) is 20.0. The van der Waals surface area contributed by atoms with Gasteiger partial charge in [-0.05, 0) is 25.7 Å². The molecule has 0 aliphatic carbocycles. The summed E-state index contributed by atoms with van der Waals surface area (Å²) < 4.78 is 72.2. The zero-order valence-electron chi connectivity index (χ0n) is 27.8. The van der Waals surface area contributed by atoms with Gasteiger partial charge in [-0.2, -0.15) is 0 Å². The van der Waals surface area contributed by atoms with E-state index in [0.29, 0.717) is 0 Å². The number of unbranched alkanes of at least 4 members (excludes halogenated alkanes) is 14. The summed E-state index contributed by atoms with van der Waals surface area (Å²) >= 11 is 0. The Hall–Kier alpha value is 0.480. The molecule has 0 aromatic rings. The molecule has 0 fully saturated rings. The standard InChI is InChI=1S/2C16H32O4S.Ca/c2*1-3-5-7-9-10-12-14-16(13-11-8-6-4-2)15-20-21(17,18)19;/h2*11,13,16H,3-10,12,14-15H2,1-2H3,(H,17,18,19);/q;;+2/p-2/b2*13-11+;. The zero-order valence-corrected chi connectivity index (χ0v) is 31.7. The quantitative estimate of drug-likeness (QED) is 0.0264. The average Bonchev–Trinajstić information content (AvgIpc) is 2.92. The second kappa shape index (κ2) is 33.8. The minimum absolute atomic E-state index is 0. The third-order valence-electron chi connectivity index (χ3n) is 6.98. The molecule has 8 nitrogen and oxygen atoms in total. The Morgan fingerprint density at radius 1 is 0.512 bits per heavy atom. The summed E-state index contributed by atoms with van der Waals surface area (Å²) in [6.07, 6.45) is 30.8. The van der Waals surface area contributed by atoms with Crippen LogP contribution in [0.25, 0.3) is 0 Å². The Kier molecular flexibility index (Phi) is 37.7. The molecule has 0 amide bonds. The zero-order chi connectivity index (χ0) is 32.0. The van der Waals surface area contributed by atoms with Gasteiger partial charge < -0.3 is 9.11 Å². The minimum Gasteiger partial charge on any atom is -0.726 e. The maximum absolute atomic E-state index is 10.6. The van der Waals surface area contributed by atoms with E-state index in [1.807, 2.05) is 12.2 Å². The first-order valence-corrected chi connectivity index (χ1v) is 19.2. The smallest absolute Gasteiger partial charge is 0.726 e. The van der Waals surface area contributed by atoms with E-state index >= 15 is 0 Å². The fourth-order valence-corrected chi connectivity index (χ4v) is 5.09. The van der Waals surface area contributed by atoms with Crippen molar-refractivity contribution in [2.45, 2.75) is 156 Å².